The van der Waals surface area contributed by atoms with Crippen LogP contribution in [-0.4, -0.2) is 20.9 Å². The topological polar surface area (TPSA) is 55.1 Å². The molecule has 0 fully saturated rings. The van der Waals surface area contributed by atoms with E-state index in [2.05, 4.69) is 21.0 Å². The van der Waals surface area contributed by atoms with Crippen LogP contribution < -0.4 is 0 Å². The van der Waals surface area contributed by atoms with Crippen molar-refractivity contribution in [3.8, 4) is 11.3 Å². The molecular weight excluding hydrogens is 291 g/mol. The van der Waals surface area contributed by atoms with Crippen LogP contribution in [0.2, 0.25) is 0 Å². The zero-order valence-electron chi connectivity index (χ0n) is 8.82. The van der Waals surface area contributed by atoms with Gasteiger partial charge in [0.1, 0.15) is 5.82 Å². The highest BCUT2D eigenvalue weighted by molar-refractivity contribution is 9.10. The number of aromatic carboxylic acids is 1. The van der Waals surface area contributed by atoms with Gasteiger partial charge in [-0.05, 0) is 24.3 Å². The van der Waals surface area contributed by atoms with Gasteiger partial charge in [0.05, 0.1) is 5.69 Å². The van der Waals surface area contributed by atoms with Crippen molar-refractivity contribution in [3.63, 3.8) is 0 Å². The van der Waals surface area contributed by atoms with Crippen LogP contribution in [0.25, 0.3) is 11.3 Å². The highest BCUT2D eigenvalue weighted by Crippen LogP contribution is 2.25. The van der Waals surface area contributed by atoms with Gasteiger partial charge >= 0.3 is 5.97 Å². The minimum absolute atomic E-state index is 0.0668. The Kier molecular flexibility index (Phi) is 2.97. The van der Waals surface area contributed by atoms with Gasteiger partial charge in [0.25, 0.3) is 0 Å². The molecule has 1 heterocycles. The van der Waals surface area contributed by atoms with Gasteiger partial charge in [-0.3, -0.25) is 4.68 Å². The first-order chi connectivity index (χ1) is 7.97. The van der Waals surface area contributed by atoms with Crippen LogP contribution in [0.3, 0.4) is 0 Å². The van der Waals surface area contributed by atoms with Crippen LogP contribution in [0.15, 0.2) is 28.7 Å². The van der Waals surface area contributed by atoms with Crippen LogP contribution >= 0.6 is 15.9 Å². The summed E-state index contributed by atoms with van der Waals surface area (Å²) in [5.41, 5.74) is 1.05. The highest BCUT2D eigenvalue weighted by atomic mass is 79.9. The summed E-state index contributed by atoms with van der Waals surface area (Å²) >= 11 is 3.18. The lowest BCUT2D eigenvalue weighted by Gasteiger charge is -2.02. The van der Waals surface area contributed by atoms with Crippen molar-refractivity contribution in [2.24, 2.45) is 7.05 Å². The molecule has 0 aliphatic heterocycles. The Morgan fingerprint density at radius 2 is 2.12 bits per heavy atom. The molecule has 1 aromatic carbocycles. The smallest absolute Gasteiger partial charge is 0.356 e. The molecule has 0 aliphatic carbocycles. The fourth-order valence-corrected chi connectivity index (χ4v) is 2.01. The molecule has 2 aromatic rings. The third-order valence-corrected chi connectivity index (χ3v) is 2.72. The van der Waals surface area contributed by atoms with E-state index in [1.165, 1.54) is 22.9 Å². The van der Waals surface area contributed by atoms with Crippen molar-refractivity contribution in [1.82, 2.24) is 9.78 Å². The molecule has 17 heavy (non-hydrogen) atoms. The van der Waals surface area contributed by atoms with Gasteiger partial charge in [0.2, 0.25) is 0 Å². The van der Waals surface area contributed by atoms with Crippen molar-refractivity contribution in [2.45, 2.75) is 0 Å². The van der Waals surface area contributed by atoms with Crippen molar-refractivity contribution in [3.05, 3.63) is 40.2 Å². The number of nitrogens with zero attached hydrogens (tertiary/aromatic N) is 2. The highest BCUT2D eigenvalue weighted by Gasteiger charge is 2.13. The number of carboxylic acid groups (broad SMARTS) is 1. The molecule has 2 rings (SSSR count). The van der Waals surface area contributed by atoms with Crippen molar-refractivity contribution in [2.75, 3.05) is 0 Å². The van der Waals surface area contributed by atoms with Crippen LogP contribution in [0.4, 0.5) is 4.39 Å². The molecule has 6 heteroatoms. The van der Waals surface area contributed by atoms with E-state index in [9.17, 15) is 9.18 Å². The third kappa shape index (κ3) is 2.36. The van der Waals surface area contributed by atoms with Crippen molar-refractivity contribution < 1.29 is 14.3 Å². The summed E-state index contributed by atoms with van der Waals surface area (Å²) in [7, 11) is 1.61. The first-order valence-corrected chi connectivity index (χ1v) is 5.50. The molecule has 0 aliphatic rings. The number of benzene rings is 1. The van der Waals surface area contributed by atoms with Gasteiger partial charge < -0.3 is 5.11 Å². The monoisotopic (exact) mass is 298 g/mol. The standard InChI is InChI=1S/C11H8BrFN2O2/c1-15-10(5-9(14-15)11(16)17)6-2-7(12)4-8(13)3-6/h2-5H,1H3,(H,16,17). The van der Waals surface area contributed by atoms with Gasteiger partial charge in [0.15, 0.2) is 5.69 Å². The van der Waals surface area contributed by atoms with Gasteiger partial charge in [-0.1, -0.05) is 15.9 Å². The number of halogens is 2. The Labute approximate surface area is 105 Å². The van der Waals surface area contributed by atoms with E-state index in [0.29, 0.717) is 15.7 Å². The summed E-state index contributed by atoms with van der Waals surface area (Å²) in [6.07, 6.45) is 0. The molecule has 4 nitrogen and oxygen atoms in total. The summed E-state index contributed by atoms with van der Waals surface area (Å²) in [4.78, 5) is 10.8. The second-order valence-corrected chi connectivity index (χ2v) is 4.42. The fraction of sp³-hybridized carbons (Fsp3) is 0.0909. The van der Waals surface area contributed by atoms with Gasteiger partial charge in [-0.15, -0.1) is 0 Å². The number of aryl methyl sites for hydroxylation is 1. The van der Waals surface area contributed by atoms with Crippen LogP contribution in [0.1, 0.15) is 10.5 Å². The Balaban J connectivity index is 2.56. The molecule has 88 valence electrons. The molecule has 1 aromatic heterocycles. The predicted octanol–water partition coefficient (Wildman–Crippen LogP) is 2.69. The number of aromatic nitrogens is 2. The molecule has 0 saturated heterocycles. The average molecular weight is 299 g/mol. The Morgan fingerprint density at radius 3 is 2.65 bits per heavy atom. The maximum atomic E-state index is 13.2. The number of rotatable bonds is 2. The normalized spacial score (nSPS) is 10.5. The summed E-state index contributed by atoms with van der Waals surface area (Å²) in [6.45, 7) is 0. The van der Waals surface area contributed by atoms with E-state index in [1.807, 2.05) is 0 Å². The van der Waals surface area contributed by atoms with E-state index >= 15 is 0 Å². The van der Waals surface area contributed by atoms with Gasteiger partial charge in [0, 0.05) is 17.1 Å². The van der Waals surface area contributed by atoms with E-state index in [0.717, 1.165) is 0 Å². The van der Waals surface area contributed by atoms with Crippen molar-refractivity contribution in [1.29, 1.82) is 0 Å². The first-order valence-electron chi connectivity index (χ1n) is 4.71. The lowest BCUT2D eigenvalue weighted by atomic mass is 10.1. The maximum absolute atomic E-state index is 13.2. The second kappa shape index (κ2) is 4.29. The lowest BCUT2D eigenvalue weighted by molar-refractivity contribution is 0.0689. The Hall–Kier alpha value is -1.69. The zero-order chi connectivity index (χ0) is 12.6. The van der Waals surface area contributed by atoms with Gasteiger partial charge in [-0.25, -0.2) is 9.18 Å². The maximum Gasteiger partial charge on any atom is 0.356 e. The third-order valence-electron chi connectivity index (χ3n) is 2.26. The van der Waals surface area contributed by atoms with Crippen LogP contribution in [0.5, 0.6) is 0 Å². The number of hydrogen-bond acceptors (Lipinski definition) is 2. The Bertz CT molecular complexity index is 575. The van der Waals surface area contributed by atoms with E-state index in [4.69, 9.17) is 5.11 Å². The van der Waals surface area contributed by atoms with E-state index in [-0.39, 0.29) is 5.69 Å². The average Bonchev–Trinajstić information content (AvgIpc) is 2.59. The summed E-state index contributed by atoms with van der Waals surface area (Å²) in [5.74, 6) is -1.50. The first kappa shape index (κ1) is 11.8. The van der Waals surface area contributed by atoms with E-state index < -0.39 is 11.8 Å². The molecule has 0 bridgehead atoms. The van der Waals surface area contributed by atoms with Crippen molar-refractivity contribution >= 4 is 21.9 Å². The molecule has 0 unspecified atom stereocenters. The number of carboxylic acids is 1. The molecule has 0 atom stereocenters. The largest absolute Gasteiger partial charge is 0.476 e. The Morgan fingerprint density at radius 1 is 1.41 bits per heavy atom. The summed E-state index contributed by atoms with van der Waals surface area (Å²) < 4.78 is 15.2. The fourth-order valence-electron chi connectivity index (χ4n) is 1.54. The molecule has 0 spiro atoms. The SMILES string of the molecule is Cn1nc(C(=O)O)cc1-c1cc(F)cc(Br)c1. The van der Waals surface area contributed by atoms with Crippen LogP contribution in [0, 0.1) is 5.82 Å². The van der Waals surface area contributed by atoms with E-state index in [1.54, 1.807) is 13.1 Å². The quantitative estimate of drug-likeness (QED) is 0.927. The van der Waals surface area contributed by atoms with Gasteiger partial charge in [-0.2, -0.15) is 5.10 Å². The number of carbonyl (C=O) groups is 1. The molecular formula is C11H8BrFN2O2. The van der Waals surface area contributed by atoms with Crippen LogP contribution in [-0.2, 0) is 7.05 Å². The molecule has 0 saturated carbocycles. The molecule has 1 N–H and O–H groups in total. The summed E-state index contributed by atoms with van der Waals surface area (Å²) in [6, 6.07) is 5.76. The number of hydrogen-bond donors (Lipinski definition) is 1. The minimum Gasteiger partial charge on any atom is -0.476 e. The molecule has 0 amide bonds. The minimum atomic E-state index is -1.11. The lowest BCUT2D eigenvalue weighted by Crippen LogP contribution is -1.99. The summed E-state index contributed by atoms with van der Waals surface area (Å²) in [5, 5.41) is 12.6. The predicted molar refractivity (Wildman–Crippen MR) is 63.3 cm³/mol. The second-order valence-electron chi connectivity index (χ2n) is 3.50. The molecule has 0 radical (unpaired) electrons. The zero-order valence-corrected chi connectivity index (χ0v) is 10.4.